The topological polar surface area (TPSA) is 93.8 Å². The molecule has 3 aromatic rings. The van der Waals surface area contributed by atoms with Gasteiger partial charge in [-0.05, 0) is 31.2 Å². The summed E-state index contributed by atoms with van der Waals surface area (Å²) < 4.78 is 0. The number of nitrogens with one attached hydrogen (secondary N) is 1. The van der Waals surface area contributed by atoms with E-state index in [1.165, 1.54) is 6.92 Å². The monoisotopic (exact) mass is 343 g/mol. The molecule has 1 aromatic carbocycles. The standard InChI is InChI=1S/C20H17N5O/c1-13-18(9-8-15-5-4-10-22-12-15)19(25-20(21)23-13)16-6-3-7-17(11-16)24-14(2)26/h3-7,10-12H,1-2H3,(H,24,26)(H2,21,23,25). The molecule has 0 saturated heterocycles. The summed E-state index contributed by atoms with van der Waals surface area (Å²) in [5.41, 5.74) is 10.1. The molecule has 3 N–H and O–H groups in total. The van der Waals surface area contributed by atoms with E-state index in [2.05, 4.69) is 32.1 Å². The molecule has 0 radical (unpaired) electrons. The van der Waals surface area contributed by atoms with Crippen molar-refractivity contribution in [1.82, 2.24) is 15.0 Å². The maximum atomic E-state index is 11.3. The minimum Gasteiger partial charge on any atom is -0.368 e. The predicted molar refractivity (Wildman–Crippen MR) is 101 cm³/mol. The van der Waals surface area contributed by atoms with Gasteiger partial charge in [0.2, 0.25) is 11.9 Å². The SMILES string of the molecule is CC(=O)Nc1cccc(-c2nc(N)nc(C)c2C#Cc2cccnc2)c1. The molecule has 2 aromatic heterocycles. The molecule has 0 fully saturated rings. The number of benzene rings is 1. The van der Waals surface area contributed by atoms with Gasteiger partial charge in [-0.1, -0.05) is 24.0 Å². The summed E-state index contributed by atoms with van der Waals surface area (Å²) in [5.74, 6) is 6.23. The molecule has 128 valence electrons. The van der Waals surface area contributed by atoms with Gasteiger partial charge in [0.05, 0.1) is 17.0 Å². The first-order valence-electron chi connectivity index (χ1n) is 7.97. The number of nitrogens with two attached hydrogens (primary N) is 1. The average molecular weight is 343 g/mol. The van der Waals surface area contributed by atoms with E-state index in [9.17, 15) is 4.79 Å². The number of carbonyl (C=O) groups excluding carboxylic acids is 1. The number of amides is 1. The Bertz CT molecular complexity index is 1020. The van der Waals surface area contributed by atoms with Gasteiger partial charge >= 0.3 is 0 Å². The molecule has 26 heavy (non-hydrogen) atoms. The summed E-state index contributed by atoms with van der Waals surface area (Å²) >= 11 is 0. The smallest absolute Gasteiger partial charge is 0.221 e. The van der Waals surface area contributed by atoms with Crippen molar-refractivity contribution in [2.45, 2.75) is 13.8 Å². The van der Waals surface area contributed by atoms with E-state index in [1.54, 1.807) is 12.4 Å². The molecule has 0 aliphatic rings. The molecule has 1 amide bonds. The van der Waals surface area contributed by atoms with Crippen molar-refractivity contribution in [1.29, 1.82) is 0 Å². The van der Waals surface area contributed by atoms with Crippen LogP contribution in [0.5, 0.6) is 0 Å². The molecule has 0 bridgehead atoms. The Balaban J connectivity index is 2.10. The first-order chi connectivity index (χ1) is 12.5. The number of pyridine rings is 1. The van der Waals surface area contributed by atoms with E-state index in [0.29, 0.717) is 22.6 Å². The van der Waals surface area contributed by atoms with Crippen molar-refractivity contribution >= 4 is 17.5 Å². The Labute approximate surface area is 151 Å². The van der Waals surface area contributed by atoms with Gasteiger partial charge in [0, 0.05) is 36.1 Å². The molecule has 0 aliphatic carbocycles. The average Bonchev–Trinajstić information content (AvgIpc) is 2.61. The van der Waals surface area contributed by atoms with Gasteiger partial charge in [0.25, 0.3) is 0 Å². The summed E-state index contributed by atoms with van der Waals surface area (Å²) in [6, 6.07) is 11.1. The van der Waals surface area contributed by atoms with Crippen LogP contribution in [0.4, 0.5) is 11.6 Å². The van der Waals surface area contributed by atoms with Gasteiger partial charge in [-0.25, -0.2) is 9.97 Å². The Hall–Kier alpha value is -3.72. The van der Waals surface area contributed by atoms with Crippen LogP contribution in [0.3, 0.4) is 0 Å². The van der Waals surface area contributed by atoms with Crippen LogP contribution in [0.1, 0.15) is 23.7 Å². The third kappa shape index (κ3) is 4.02. The maximum absolute atomic E-state index is 11.3. The summed E-state index contributed by atoms with van der Waals surface area (Å²) in [6.07, 6.45) is 3.39. The second-order valence-electron chi connectivity index (χ2n) is 5.64. The molecular weight excluding hydrogens is 326 g/mol. The van der Waals surface area contributed by atoms with Gasteiger partial charge in [-0.2, -0.15) is 0 Å². The molecule has 0 saturated carbocycles. The first kappa shape index (κ1) is 17.1. The van der Waals surface area contributed by atoms with Crippen molar-refractivity contribution in [3.8, 4) is 23.1 Å². The highest BCUT2D eigenvalue weighted by atomic mass is 16.1. The Morgan fingerprint density at radius 2 is 2.00 bits per heavy atom. The van der Waals surface area contributed by atoms with E-state index in [4.69, 9.17) is 5.73 Å². The molecule has 6 nitrogen and oxygen atoms in total. The summed E-state index contributed by atoms with van der Waals surface area (Å²) in [5, 5.41) is 2.76. The van der Waals surface area contributed by atoms with Crippen molar-refractivity contribution in [2.24, 2.45) is 0 Å². The molecule has 0 atom stereocenters. The van der Waals surface area contributed by atoms with Gasteiger partial charge in [0.15, 0.2) is 0 Å². The molecule has 0 unspecified atom stereocenters. The Morgan fingerprint density at radius 3 is 2.73 bits per heavy atom. The van der Waals surface area contributed by atoms with Crippen LogP contribution in [0, 0.1) is 18.8 Å². The second kappa shape index (κ2) is 7.45. The minimum absolute atomic E-state index is 0.142. The number of rotatable bonds is 2. The Kier molecular flexibility index (Phi) is 4.90. The van der Waals surface area contributed by atoms with Crippen LogP contribution in [0.2, 0.25) is 0 Å². The minimum atomic E-state index is -0.142. The van der Waals surface area contributed by atoms with Gasteiger partial charge in [0.1, 0.15) is 0 Å². The predicted octanol–water partition coefficient (Wildman–Crippen LogP) is 2.79. The van der Waals surface area contributed by atoms with Crippen molar-refractivity contribution < 1.29 is 4.79 Å². The normalized spacial score (nSPS) is 9.92. The van der Waals surface area contributed by atoms with Crippen LogP contribution in [0.25, 0.3) is 11.3 Å². The number of anilines is 2. The molecule has 6 heteroatoms. The fourth-order valence-corrected chi connectivity index (χ4v) is 2.47. The number of aromatic nitrogens is 3. The van der Waals surface area contributed by atoms with Gasteiger partial charge in [-0.15, -0.1) is 0 Å². The maximum Gasteiger partial charge on any atom is 0.221 e. The Morgan fingerprint density at radius 1 is 1.15 bits per heavy atom. The number of hydrogen-bond acceptors (Lipinski definition) is 5. The summed E-state index contributed by atoms with van der Waals surface area (Å²) in [6.45, 7) is 3.30. The quantitative estimate of drug-likeness (QED) is 0.698. The highest BCUT2D eigenvalue weighted by Gasteiger charge is 2.12. The lowest BCUT2D eigenvalue weighted by Gasteiger charge is -2.10. The number of nitrogen functional groups attached to an aromatic ring is 1. The number of aryl methyl sites for hydroxylation is 1. The zero-order valence-electron chi connectivity index (χ0n) is 14.4. The van der Waals surface area contributed by atoms with Crippen molar-refractivity contribution in [3.63, 3.8) is 0 Å². The molecule has 0 aliphatic heterocycles. The molecular formula is C20H17N5O. The molecule has 2 heterocycles. The van der Waals surface area contributed by atoms with Crippen molar-refractivity contribution in [2.75, 3.05) is 11.1 Å². The van der Waals surface area contributed by atoms with Crippen LogP contribution in [-0.2, 0) is 4.79 Å². The van der Waals surface area contributed by atoms with E-state index in [1.807, 2.05) is 43.3 Å². The third-order valence-electron chi connectivity index (χ3n) is 3.56. The fraction of sp³-hybridized carbons (Fsp3) is 0.100. The number of nitrogens with zero attached hydrogens (tertiary/aromatic N) is 3. The van der Waals surface area contributed by atoms with E-state index >= 15 is 0 Å². The van der Waals surface area contributed by atoms with Crippen LogP contribution < -0.4 is 11.1 Å². The highest BCUT2D eigenvalue weighted by Crippen LogP contribution is 2.26. The van der Waals surface area contributed by atoms with Crippen LogP contribution in [0.15, 0.2) is 48.8 Å². The third-order valence-corrected chi connectivity index (χ3v) is 3.56. The van der Waals surface area contributed by atoms with Gasteiger partial charge < -0.3 is 11.1 Å². The van der Waals surface area contributed by atoms with Gasteiger partial charge in [-0.3, -0.25) is 9.78 Å². The lowest BCUT2D eigenvalue weighted by Crippen LogP contribution is -2.06. The zero-order valence-corrected chi connectivity index (χ0v) is 14.4. The van der Waals surface area contributed by atoms with E-state index in [0.717, 1.165) is 11.1 Å². The first-order valence-corrected chi connectivity index (χ1v) is 7.97. The largest absolute Gasteiger partial charge is 0.368 e. The van der Waals surface area contributed by atoms with E-state index < -0.39 is 0 Å². The van der Waals surface area contributed by atoms with Crippen molar-refractivity contribution in [3.05, 3.63) is 65.6 Å². The number of hydrogen-bond donors (Lipinski definition) is 2. The molecule has 3 rings (SSSR count). The number of carbonyl (C=O) groups is 1. The lowest BCUT2D eigenvalue weighted by atomic mass is 10.0. The highest BCUT2D eigenvalue weighted by molar-refractivity contribution is 5.89. The zero-order chi connectivity index (χ0) is 18.5. The van der Waals surface area contributed by atoms with Crippen LogP contribution >= 0.6 is 0 Å². The lowest BCUT2D eigenvalue weighted by molar-refractivity contribution is -0.114. The molecule has 0 spiro atoms. The second-order valence-corrected chi connectivity index (χ2v) is 5.64. The van der Waals surface area contributed by atoms with E-state index in [-0.39, 0.29) is 11.9 Å². The van der Waals surface area contributed by atoms with Crippen LogP contribution in [-0.4, -0.2) is 20.9 Å². The summed E-state index contributed by atoms with van der Waals surface area (Å²) in [4.78, 5) is 24.0. The fourth-order valence-electron chi connectivity index (χ4n) is 2.47. The summed E-state index contributed by atoms with van der Waals surface area (Å²) in [7, 11) is 0.